The minimum absolute atomic E-state index is 0.184. The van der Waals surface area contributed by atoms with Gasteiger partial charge in [0, 0.05) is 31.1 Å². The van der Waals surface area contributed by atoms with Crippen molar-refractivity contribution < 1.29 is 9.90 Å². The van der Waals surface area contributed by atoms with Gasteiger partial charge >= 0.3 is 0 Å². The van der Waals surface area contributed by atoms with E-state index in [1.165, 1.54) is 11.1 Å². The predicted molar refractivity (Wildman–Crippen MR) is 69.7 cm³/mol. The van der Waals surface area contributed by atoms with Crippen LogP contribution in [0.25, 0.3) is 0 Å². The molecule has 0 saturated heterocycles. The van der Waals surface area contributed by atoms with E-state index in [4.69, 9.17) is 0 Å². The molecule has 0 amide bonds. The van der Waals surface area contributed by atoms with Gasteiger partial charge in [0.15, 0.2) is 5.78 Å². The van der Waals surface area contributed by atoms with Crippen LogP contribution in [0.3, 0.4) is 0 Å². The second-order valence-electron chi connectivity index (χ2n) is 6.05. The maximum atomic E-state index is 12.0. The molecular weight excluding hydrogens is 226 g/mol. The van der Waals surface area contributed by atoms with Gasteiger partial charge < -0.3 is 5.11 Å². The zero-order valence-electron chi connectivity index (χ0n) is 10.9. The highest BCUT2D eigenvalue weighted by Gasteiger charge is 2.39. The van der Waals surface area contributed by atoms with E-state index < -0.39 is 5.60 Å². The average molecular weight is 245 g/mol. The number of aliphatic hydroxyl groups is 1. The number of nitrogens with zero attached hydrogens (tertiary/aromatic N) is 1. The van der Waals surface area contributed by atoms with Crippen LogP contribution in [0.2, 0.25) is 0 Å². The lowest BCUT2D eigenvalue weighted by Gasteiger charge is -2.37. The molecule has 1 aromatic rings. The van der Waals surface area contributed by atoms with Crippen LogP contribution in [-0.4, -0.2) is 34.5 Å². The number of β-amino-alcohol motifs (C(OH)–C–C–N with tert-alkyl or cyclic N) is 1. The molecule has 18 heavy (non-hydrogen) atoms. The summed E-state index contributed by atoms with van der Waals surface area (Å²) < 4.78 is 0. The Morgan fingerprint density at radius 2 is 2.22 bits per heavy atom. The molecule has 96 valence electrons. The molecule has 0 fully saturated rings. The molecule has 1 aliphatic carbocycles. The van der Waals surface area contributed by atoms with Crippen LogP contribution < -0.4 is 0 Å². The molecular formula is C15H19NO2. The minimum Gasteiger partial charge on any atom is -0.389 e. The van der Waals surface area contributed by atoms with Crippen molar-refractivity contribution in [2.75, 3.05) is 13.1 Å². The van der Waals surface area contributed by atoms with Crippen LogP contribution in [-0.2, 0) is 6.42 Å². The van der Waals surface area contributed by atoms with Gasteiger partial charge in [-0.15, -0.1) is 0 Å². The number of benzene rings is 1. The highest BCUT2D eigenvalue weighted by molar-refractivity contribution is 6.01. The van der Waals surface area contributed by atoms with Crippen LogP contribution in [0.15, 0.2) is 18.2 Å². The molecule has 1 aliphatic heterocycles. The van der Waals surface area contributed by atoms with Crippen molar-refractivity contribution in [1.82, 2.24) is 4.90 Å². The molecule has 1 heterocycles. The Morgan fingerprint density at radius 1 is 1.44 bits per heavy atom. The standard InChI is InChI=1S/C15H19NO2/c1-15(2,18)9-16-7-6-10-4-3-5-11-13(17)8-12(16)14(10)11/h3-5,12,18H,6-9H2,1-2H3. The topological polar surface area (TPSA) is 40.5 Å². The highest BCUT2D eigenvalue weighted by Crippen LogP contribution is 2.41. The van der Waals surface area contributed by atoms with Crippen molar-refractivity contribution in [2.24, 2.45) is 0 Å². The SMILES string of the molecule is CC(C)(O)CN1CCc2cccc3c2C1CC3=O. The lowest BCUT2D eigenvalue weighted by Crippen LogP contribution is -2.43. The second-order valence-corrected chi connectivity index (χ2v) is 6.05. The number of carbonyl (C=O) groups excluding carboxylic acids is 1. The summed E-state index contributed by atoms with van der Waals surface area (Å²) in [5, 5.41) is 9.99. The van der Waals surface area contributed by atoms with Gasteiger partial charge in [-0.05, 0) is 31.4 Å². The predicted octanol–water partition coefficient (Wildman–Crippen LogP) is 1.94. The van der Waals surface area contributed by atoms with Gasteiger partial charge in [-0.3, -0.25) is 9.69 Å². The van der Waals surface area contributed by atoms with Gasteiger partial charge in [-0.25, -0.2) is 0 Å². The summed E-state index contributed by atoms with van der Waals surface area (Å²) in [6, 6.07) is 6.24. The number of carbonyl (C=O) groups is 1. The van der Waals surface area contributed by atoms with Crippen molar-refractivity contribution in [3.63, 3.8) is 0 Å². The van der Waals surface area contributed by atoms with Crippen molar-refractivity contribution in [3.05, 3.63) is 34.9 Å². The molecule has 0 bridgehead atoms. The maximum absolute atomic E-state index is 12.0. The van der Waals surface area contributed by atoms with Crippen LogP contribution in [0.1, 0.15) is 47.8 Å². The first-order chi connectivity index (χ1) is 8.46. The van der Waals surface area contributed by atoms with Crippen molar-refractivity contribution in [1.29, 1.82) is 0 Å². The van der Waals surface area contributed by atoms with Crippen molar-refractivity contribution in [2.45, 2.75) is 38.3 Å². The highest BCUT2D eigenvalue weighted by atomic mass is 16.3. The first kappa shape index (κ1) is 11.9. The third kappa shape index (κ3) is 1.88. The zero-order chi connectivity index (χ0) is 12.9. The normalized spacial score (nSPS) is 23.3. The van der Waals surface area contributed by atoms with Crippen molar-refractivity contribution in [3.8, 4) is 0 Å². The van der Waals surface area contributed by atoms with E-state index in [2.05, 4.69) is 11.0 Å². The Labute approximate surface area is 107 Å². The molecule has 1 atom stereocenters. The van der Waals surface area contributed by atoms with Gasteiger partial charge in [0.05, 0.1) is 5.60 Å². The molecule has 3 rings (SSSR count). The van der Waals surface area contributed by atoms with E-state index in [1.807, 2.05) is 26.0 Å². The fourth-order valence-corrected chi connectivity index (χ4v) is 3.27. The first-order valence-electron chi connectivity index (χ1n) is 6.57. The van der Waals surface area contributed by atoms with E-state index in [9.17, 15) is 9.90 Å². The summed E-state index contributed by atoms with van der Waals surface area (Å²) in [5.41, 5.74) is 2.73. The third-order valence-electron chi connectivity index (χ3n) is 3.91. The monoisotopic (exact) mass is 245 g/mol. The molecule has 2 aliphatic rings. The molecule has 0 saturated carbocycles. The van der Waals surface area contributed by atoms with Crippen LogP contribution in [0.5, 0.6) is 0 Å². The average Bonchev–Trinajstić information content (AvgIpc) is 2.61. The number of hydrogen-bond donors (Lipinski definition) is 1. The molecule has 3 heteroatoms. The van der Waals surface area contributed by atoms with Gasteiger partial charge in [0.2, 0.25) is 0 Å². The van der Waals surface area contributed by atoms with E-state index in [1.54, 1.807) is 0 Å². The number of hydrogen-bond acceptors (Lipinski definition) is 3. The fraction of sp³-hybridized carbons (Fsp3) is 0.533. The van der Waals surface area contributed by atoms with Gasteiger partial charge in [-0.2, -0.15) is 0 Å². The van der Waals surface area contributed by atoms with Gasteiger partial charge in [0.25, 0.3) is 0 Å². The lowest BCUT2D eigenvalue weighted by atomic mass is 9.92. The smallest absolute Gasteiger partial charge is 0.165 e. The minimum atomic E-state index is -0.710. The van der Waals surface area contributed by atoms with Crippen LogP contribution in [0, 0.1) is 0 Å². The molecule has 1 N–H and O–H groups in total. The first-order valence-corrected chi connectivity index (χ1v) is 6.57. The number of Topliss-reactive ketones (excluding diaryl/α,β-unsaturated/α-hetero) is 1. The lowest BCUT2D eigenvalue weighted by molar-refractivity contribution is 0.0177. The van der Waals surface area contributed by atoms with Crippen molar-refractivity contribution >= 4 is 5.78 Å². The Balaban J connectivity index is 1.98. The molecule has 3 nitrogen and oxygen atoms in total. The summed E-state index contributed by atoms with van der Waals surface area (Å²) in [6.07, 6.45) is 1.55. The van der Waals surface area contributed by atoms with E-state index in [-0.39, 0.29) is 11.8 Å². The summed E-state index contributed by atoms with van der Waals surface area (Å²) in [5.74, 6) is 0.250. The number of ketones is 1. The van der Waals surface area contributed by atoms with Crippen LogP contribution >= 0.6 is 0 Å². The Hall–Kier alpha value is -1.19. The summed E-state index contributed by atoms with van der Waals surface area (Å²) in [4.78, 5) is 14.3. The molecule has 0 spiro atoms. The summed E-state index contributed by atoms with van der Waals surface area (Å²) in [7, 11) is 0. The zero-order valence-corrected chi connectivity index (χ0v) is 10.9. The Morgan fingerprint density at radius 3 is 2.94 bits per heavy atom. The van der Waals surface area contributed by atoms with Gasteiger partial charge in [0.1, 0.15) is 0 Å². The molecule has 0 radical (unpaired) electrons. The van der Waals surface area contributed by atoms with Gasteiger partial charge in [-0.1, -0.05) is 18.2 Å². The molecule has 1 aromatic carbocycles. The fourth-order valence-electron chi connectivity index (χ4n) is 3.27. The summed E-state index contributed by atoms with van der Waals surface area (Å²) >= 11 is 0. The quantitative estimate of drug-likeness (QED) is 0.865. The second kappa shape index (κ2) is 3.90. The van der Waals surface area contributed by atoms with E-state index >= 15 is 0 Å². The summed E-state index contributed by atoms with van der Waals surface area (Å²) in [6.45, 7) is 5.20. The Kier molecular flexibility index (Phi) is 2.57. The van der Waals surface area contributed by atoms with Crippen LogP contribution in [0.4, 0.5) is 0 Å². The third-order valence-corrected chi connectivity index (χ3v) is 3.91. The Bertz CT molecular complexity index is 502. The largest absolute Gasteiger partial charge is 0.389 e. The van der Waals surface area contributed by atoms with E-state index in [0.717, 1.165) is 18.5 Å². The molecule has 1 unspecified atom stereocenters. The number of rotatable bonds is 2. The molecule has 0 aromatic heterocycles. The van der Waals surface area contributed by atoms with E-state index in [0.29, 0.717) is 13.0 Å². The maximum Gasteiger partial charge on any atom is 0.165 e.